The number of phenols is 2. The number of ether oxygens (including phenoxy) is 2. The number of phenolic OH excluding ortho intramolecular Hbond substituents is 2. The summed E-state index contributed by atoms with van der Waals surface area (Å²) in [5, 5.41) is 91.6. The SMILES string of the molecule is CC(C)(C)C(O)CC(O)C(C)(C)C.CC(O)CC(C)O.CN=Cc1ccccc1O.COC(O)CC(O)OC.O=C(O)C1CCCN1.O=C(O)c1ccccn1.O=Cc1ccccc1O. The number of benzene rings is 2. The molecule has 0 aliphatic carbocycles. The number of aldehydes is 1. The number of aromatic nitrogens is 1. The lowest BCUT2D eigenvalue weighted by Gasteiger charge is -2.32. The van der Waals surface area contributed by atoms with Crippen LogP contribution < -0.4 is 5.32 Å². The summed E-state index contributed by atoms with van der Waals surface area (Å²) in [4.78, 5) is 37.7. The highest BCUT2D eigenvalue weighted by Crippen LogP contribution is 2.29. The van der Waals surface area contributed by atoms with E-state index in [1.165, 1.54) is 32.5 Å². The van der Waals surface area contributed by atoms with E-state index >= 15 is 0 Å². The molecule has 4 rings (SSSR count). The van der Waals surface area contributed by atoms with Gasteiger partial charge in [0, 0.05) is 52.1 Å². The molecule has 0 spiro atoms. The smallest absolute Gasteiger partial charge is 0.354 e. The summed E-state index contributed by atoms with van der Waals surface area (Å²) in [6, 6.07) is 18.0. The second-order valence-electron chi connectivity index (χ2n) is 16.7. The standard InChI is InChI=1S/C11H24O2.C8H9NO.C7H6O2.C6H5NO2.C5H9NO2.C5H12O4.C5H12O2/c1-10(2,3)8(12)7-9(13)11(4,5)6;1-9-6-7-4-2-3-5-8(7)10;8-5-6-3-1-2-4-7(6)9;8-6(9)5-3-1-2-4-7-5;7-5(8)4-2-1-3-6-4;1-8-4(6)3-5(7)9-2;1-4(6)3-5(2)7/h8-9,12-13H,7H2,1-6H3;2-6,10H,1H3;1-5,9H;1-4H,(H,8,9);4,6H,1-3H2,(H,7,8);4-7H,3H2,1-2H3;4-7H,3H2,1-2H3. The van der Waals surface area contributed by atoms with E-state index in [1.807, 2.05) is 53.7 Å². The van der Waals surface area contributed by atoms with Crippen LogP contribution in [0.4, 0.5) is 0 Å². The number of aromatic hydroxyl groups is 2. The second-order valence-corrected chi connectivity index (χ2v) is 16.7. The summed E-state index contributed by atoms with van der Waals surface area (Å²) in [5.74, 6) is -1.40. The lowest BCUT2D eigenvalue weighted by Crippen LogP contribution is -2.35. The van der Waals surface area contributed by atoms with Crippen LogP contribution in [0.3, 0.4) is 0 Å². The zero-order valence-corrected chi connectivity index (χ0v) is 39.8. The van der Waals surface area contributed by atoms with Crippen molar-refractivity contribution >= 4 is 24.4 Å². The van der Waals surface area contributed by atoms with Gasteiger partial charge in [-0.25, -0.2) is 9.78 Å². The summed E-state index contributed by atoms with van der Waals surface area (Å²) in [6.07, 6.45) is 2.95. The van der Waals surface area contributed by atoms with Gasteiger partial charge in [0.05, 0.1) is 30.0 Å². The maximum atomic E-state index is 10.1. The average molecular weight is 924 g/mol. The molecule has 2 aromatic carbocycles. The first-order valence-electron chi connectivity index (χ1n) is 20.9. The van der Waals surface area contributed by atoms with Crippen molar-refractivity contribution in [2.75, 3.05) is 27.8 Å². The average Bonchev–Trinajstić information content (AvgIpc) is 3.79. The Bertz CT molecular complexity index is 1660. The fraction of sp³-hybridized carbons (Fsp3) is 0.553. The Labute approximate surface area is 384 Å². The van der Waals surface area contributed by atoms with Crippen LogP contribution in [0.25, 0.3) is 0 Å². The lowest BCUT2D eigenvalue weighted by molar-refractivity contribution is -0.155. The number of aliphatic hydroxyl groups excluding tert-OH is 6. The monoisotopic (exact) mass is 924 g/mol. The molecule has 7 unspecified atom stereocenters. The molecular formula is C47H77N3O15. The normalized spacial score (nSPS) is 15.7. The van der Waals surface area contributed by atoms with Crippen molar-refractivity contribution in [2.24, 2.45) is 15.8 Å². The van der Waals surface area contributed by atoms with Gasteiger partial charge >= 0.3 is 11.9 Å². The molecule has 0 radical (unpaired) electrons. The van der Waals surface area contributed by atoms with Crippen molar-refractivity contribution in [2.45, 2.75) is 131 Å². The molecule has 1 fully saturated rings. The summed E-state index contributed by atoms with van der Waals surface area (Å²) >= 11 is 0. The molecule has 65 heavy (non-hydrogen) atoms. The Morgan fingerprint density at radius 3 is 1.43 bits per heavy atom. The Kier molecular flexibility index (Phi) is 36.0. The third-order valence-corrected chi connectivity index (χ3v) is 8.59. The summed E-state index contributed by atoms with van der Waals surface area (Å²) < 4.78 is 8.88. The van der Waals surface area contributed by atoms with Gasteiger partial charge in [0.1, 0.15) is 23.2 Å². The molecule has 11 N–H and O–H groups in total. The first kappa shape index (κ1) is 64.4. The highest BCUT2D eigenvalue weighted by atomic mass is 16.6. The second kappa shape index (κ2) is 36.3. The van der Waals surface area contributed by atoms with E-state index in [0.717, 1.165) is 24.9 Å². The van der Waals surface area contributed by atoms with Crippen LogP contribution in [0.15, 0.2) is 77.9 Å². The molecular weight excluding hydrogens is 847 g/mol. The number of carboxylic acid groups (broad SMARTS) is 2. The fourth-order valence-corrected chi connectivity index (χ4v) is 4.48. The molecule has 3 aromatic rings. The van der Waals surface area contributed by atoms with Crippen LogP contribution in [0.5, 0.6) is 11.5 Å². The van der Waals surface area contributed by atoms with E-state index in [9.17, 15) is 24.6 Å². The number of carbonyl (C=O) groups is 3. The van der Waals surface area contributed by atoms with Gasteiger partial charge in [-0.15, -0.1) is 0 Å². The van der Waals surface area contributed by atoms with E-state index in [1.54, 1.807) is 69.6 Å². The number of carboxylic acids is 2. The molecule has 0 saturated carbocycles. The van der Waals surface area contributed by atoms with Gasteiger partial charge in [-0.2, -0.15) is 0 Å². The molecule has 1 aliphatic rings. The molecule has 18 heteroatoms. The van der Waals surface area contributed by atoms with Gasteiger partial charge in [0.2, 0.25) is 0 Å². The van der Waals surface area contributed by atoms with Crippen molar-refractivity contribution < 1.29 is 74.9 Å². The van der Waals surface area contributed by atoms with Crippen molar-refractivity contribution in [3.63, 3.8) is 0 Å². The van der Waals surface area contributed by atoms with Crippen LogP contribution in [0.1, 0.15) is 114 Å². The van der Waals surface area contributed by atoms with Crippen LogP contribution in [0, 0.1) is 10.8 Å². The molecule has 7 atom stereocenters. The largest absolute Gasteiger partial charge is 0.507 e. The molecule has 2 heterocycles. The predicted molar refractivity (Wildman–Crippen MR) is 249 cm³/mol. The number of aliphatic carboxylic acids is 1. The maximum Gasteiger partial charge on any atom is 0.354 e. The first-order chi connectivity index (χ1) is 30.2. The van der Waals surface area contributed by atoms with Gasteiger partial charge in [0.25, 0.3) is 0 Å². The van der Waals surface area contributed by atoms with Crippen molar-refractivity contribution in [1.82, 2.24) is 10.3 Å². The highest BCUT2D eigenvalue weighted by molar-refractivity contribution is 5.85. The Hall–Kier alpha value is -4.89. The molecule has 0 bridgehead atoms. The number of carbonyl (C=O) groups excluding carboxylic acids is 1. The Morgan fingerprint density at radius 1 is 0.738 bits per heavy atom. The van der Waals surface area contributed by atoms with Gasteiger partial charge in [-0.05, 0) is 86.9 Å². The van der Waals surface area contributed by atoms with E-state index in [2.05, 4.69) is 24.8 Å². The van der Waals surface area contributed by atoms with E-state index in [-0.39, 0.29) is 52.7 Å². The number of pyridine rings is 1. The van der Waals surface area contributed by atoms with Gasteiger partial charge in [0.15, 0.2) is 18.9 Å². The number of hydrogen-bond acceptors (Lipinski definition) is 16. The number of nitrogens with zero attached hydrogens (tertiary/aromatic N) is 2. The minimum atomic E-state index is -0.990. The number of hydrogen-bond donors (Lipinski definition) is 11. The third-order valence-electron chi connectivity index (χ3n) is 8.59. The van der Waals surface area contributed by atoms with Gasteiger partial charge < -0.3 is 65.9 Å². The summed E-state index contributed by atoms with van der Waals surface area (Å²) in [6.45, 7) is 16.1. The van der Waals surface area contributed by atoms with E-state index in [4.69, 9.17) is 40.9 Å². The van der Waals surface area contributed by atoms with Crippen molar-refractivity contribution in [3.8, 4) is 11.5 Å². The molecule has 1 saturated heterocycles. The van der Waals surface area contributed by atoms with Crippen LogP contribution in [-0.4, -0.2) is 151 Å². The topological polar surface area (TPSA) is 309 Å². The van der Waals surface area contributed by atoms with Crippen LogP contribution in [0.2, 0.25) is 0 Å². The van der Waals surface area contributed by atoms with Crippen molar-refractivity contribution in [3.05, 3.63) is 89.7 Å². The zero-order valence-electron chi connectivity index (χ0n) is 39.8. The van der Waals surface area contributed by atoms with E-state index < -0.39 is 36.7 Å². The maximum absolute atomic E-state index is 10.1. The minimum Gasteiger partial charge on any atom is -0.507 e. The fourth-order valence-electron chi connectivity index (χ4n) is 4.48. The molecule has 0 amide bonds. The number of methoxy groups -OCH3 is 2. The summed E-state index contributed by atoms with van der Waals surface area (Å²) in [5.41, 5.74) is 0.873. The molecule has 1 aromatic heterocycles. The number of rotatable bonds is 12. The van der Waals surface area contributed by atoms with Gasteiger partial charge in [-0.1, -0.05) is 71.9 Å². The third kappa shape index (κ3) is 36.1. The molecule has 18 nitrogen and oxygen atoms in total. The van der Waals surface area contributed by atoms with Gasteiger partial charge in [-0.3, -0.25) is 14.6 Å². The zero-order chi connectivity index (χ0) is 50.8. The Balaban J connectivity index is -0.000000695. The highest BCUT2D eigenvalue weighted by Gasteiger charge is 2.30. The molecule has 370 valence electrons. The lowest BCUT2D eigenvalue weighted by atomic mass is 9.79. The number of aromatic carboxylic acids is 1. The predicted octanol–water partition coefficient (Wildman–Crippen LogP) is 4.88. The van der Waals surface area contributed by atoms with Crippen LogP contribution in [-0.2, 0) is 14.3 Å². The Morgan fingerprint density at radius 2 is 1.18 bits per heavy atom. The van der Waals surface area contributed by atoms with Crippen LogP contribution >= 0.6 is 0 Å². The number of aliphatic imine (C=N–C) groups is 1. The number of aliphatic hydroxyl groups is 6. The minimum absolute atomic E-state index is 0.0347. The van der Waals surface area contributed by atoms with E-state index in [0.29, 0.717) is 24.7 Å². The first-order valence-corrected chi connectivity index (χ1v) is 20.9. The number of para-hydroxylation sites is 2. The quantitative estimate of drug-likeness (QED) is 0.0655. The molecule has 1 aliphatic heterocycles. The van der Waals surface area contributed by atoms with Crippen molar-refractivity contribution in [1.29, 1.82) is 0 Å². The number of nitrogens with one attached hydrogen (secondary N) is 1. The summed E-state index contributed by atoms with van der Waals surface area (Å²) in [7, 11) is 4.38.